The highest BCUT2D eigenvalue weighted by Gasteiger charge is 2.43. The van der Waals surface area contributed by atoms with Gasteiger partial charge in [0.25, 0.3) is 5.91 Å². The molecular weight excluding hydrogens is 557 g/mol. The summed E-state index contributed by atoms with van der Waals surface area (Å²) in [5, 5.41) is 11.6. The molecule has 1 aromatic heterocycles. The van der Waals surface area contributed by atoms with Gasteiger partial charge in [-0.3, -0.25) is 4.79 Å². The fraction of sp³-hybridized carbons (Fsp3) is 0.500. The molecule has 42 heavy (non-hydrogen) atoms. The molecule has 1 unspecified atom stereocenters. The number of anilines is 1. The smallest absolute Gasteiger partial charge is 0.320 e. The number of nitrogens with one attached hydrogen (secondary N) is 1. The molecule has 12 heteroatoms. The second-order valence-corrected chi connectivity index (χ2v) is 11.9. The van der Waals surface area contributed by atoms with Gasteiger partial charge in [0.1, 0.15) is 12.2 Å². The Kier molecular flexibility index (Phi) is 7.33. The number of alkyl halides is 5. The first-order chi connectivity index (χ1) is 19.9. The van der Waals surface area contributed by atoms with E-state index < -0.39 is 30.4 Å². The highest BCUT2D eigenvalue weighted by atomic mass is 19.4. The molecule has 1 aliphatic heterocycles. The number of halogens is 5. The third-order valence-electron chi connectivity index (χ3n) is 9.05. The van der Waals surface area contributed by atoms with Crippen molar-refractivity contribution in [3.8, 4) is 0 Å². The topological polar surface area (TPSA) is 72.3 Å². The molecule has 2 saturated carbocycles. The summed E-state index contributed by atoms with van der Waals surface area (Å²) < 4.78 is 74.6. The van der Waals surface area contributed by atoms with Crippen LogP contribution in [0.4, 0.5) is 27.6 Å². The molecule has 6 rings (SSSR count). The maximum absolute atomic E-state index is 14.2. The van der Waals surface area contributed by atoms with Crippen LogP contribution in [0.25, 0.3) is 0 Å². The molecule has 224 valence electrons. The van der Waals surface area contributed by atoms with E-state index >= 15 is 0 Å². The molecule has 0 radical (unpaired) electrons. The van der Waals surface area contributed by atoms with Crippen LogP contribution in [0, 0.1) is 5.92 Å². The van der Waals surface area contributed by atoms with Crippen LogP contribution >= 0.6 is 0 Å². The summed E-state index contributed by atoms with van der Waals surface area (Å²) in [6.07, 6.45) is 0.156. The molecule has 2 fully saturated rings. The minimum atomic E-state index is -4.62. The van der Waals surface area contributed by atoms with Crippen molar-refractivity contribution in [2.24, 2.45) is 13.0 Å². The van der Waals surface area contributed by atoms with Crippen molar-refractivity contribution in [1.29, 1.82) is 0 Å². The van der Waals surface area contributed by atoms with Crippen molar-refractivity contribution >= 4 is 11.6 Å². The van der Waals surface area contributed by atoms with Gasteiger partial charge in [0, 0.05) is 36.3 Å². The molecule has 1 N–H and O–H groups in total. The number of carbonyl (C=O) groups excluding carboxylic acids is 1. The zero-order chi connectivity index (χ0) is 29.8. The summed E-state index contributed by atoms with van der Waals surface area (Å²) in [7, 11) is 1.79. The number of carbonyl (C=O) groups is 1. The first-order valence-corrected chi connectivity index (χ1v) is 14.1. The molecule has 2 aromatic carbocycles. The maximum Gasteiger partial charge on any atom is 0.416 e. The fourth-order valence-corrected chi connectivity index (χ4v) is 6.46. The van der Waals surface area contributed by atoms with E-state index in [9.17, 15) is 26.7 Å². The number of fused-ring (bicyclic) bond motifs is 1. The summed E-state index contributed by atoms with van der Waals surface area (Å²) in [6, 6.07) is 9.79. The Balaban J connectivity index is 1.30. The van der Waals surface area contributed by atoms with E-state index in [0.717, 1.165) is 30.9 Å². The fourth-order valence-electron chi connectivity index (χ4n) is 6.46. The van der Waals surface area contributed by atoms with E-state index in [-0.39, 0.29) is 41.6 Å². The minimum absolute atomic E-state index is 0.0349. The van der Waals surface area contributed by atoms with Crippen LogP contribution in [-0.4, -0.2) is 38.9 Å². The minimum Gasteiger partial charge on any atom is -0.320 e. The van der Waals surface area contributed by atoms with Crippen LogP contribution < -0.4 is 10.2 Å². The number of rotatable bonds is 9. The lowest BCUT2D eigenvalue weighted by atomic mass is 9.70. The van der Waals surface area contributed by atoms with E-state index in [1.54, 1.807) is 42.2 Å². The summed E-state index contributed by atoms with van der Waals surface area (Å²) >= 11 is 0. The van der Waals surface area contributed by atoms with Crippen molar-refractivity contribution in [2.75, 3.05) is 4.90 Å². The number of hydrogen-bond donors (Lipinski definition) is 1. The first kappa shape index (κ1) is 28.7. The Labute approximate surface area is 240 Å². The number of aryl methyl sites for hydroxylation is 1. The molecule has 3 aromatic rings. The van der Waals surface area contributed by atoms with Crippen LogP contribution in [-0.2, 0) is 31.1 Å². The molecule has 7 nitrogen and oxygen atoms in total. The Hall–Kier alpha value is -3.38. The number of ether oxygens (including phenoxy) is 1. The van der Waals surface area contributed by atoms with E-state index in [0.29, 0.717) is 29.9 Å². The maximum atomic E-state index is 14.2. The Morgan fingerprint density at radius 3 is 2.55 bits per heavy atom. The van der Waals surface area contributed by atoms with Crippen LogP contribution in [0.5, 0.6) is 0 Å². The second-order valence-electron chi connectivity index (χ2n) is 11.9. The normalized spacial score (nSPS) is 22.2. The number of amides is 1. The molecule has 1 amide bonds. The summed E-state index contributed by atoms with van der Waals surface area (Å²) in [6.45, 7) is -0.764. The van der Waals surface area contributed by atoms with Crippen molar-refractivity contribution in [1.82, 2.24) is 20.1 Å². The monoisotopic (exact) mass is 589 g/mol. The van der Waals surface area contributed by atoms with Crippen molar-refractivity contribution < 1.29 is 31.5 Å². The molecule has 0 saturated heterocycles. The number of aromatic nitrogens is 3. The third-order valence-corrected chi connectivity index (χ3v) is 9.05. The van der Waals surface area contributed by atoms with Crippen molar-refractivity contribution in [3.63, 3.8) is 0 Å². The van der Waals surface area contributed by atoms with Crippen LogP contribution in [0.15, 0.2) is 42.7 Å². The van der Waals surface area contributed by atoms with Gasteiger partial charge in [-0.05, 0) is 85.9 Å². The summed E-state index contributed by atoms with van der Waals surface area (Å²) in [5.74, 6) is -0.261. The predicted molar refractivity (Wildman–Crippen MR) is 144 cm³/mol. The highest BCUT2D eigenvalue weighted by Crippen LogP contribution is 2.46. The molecule has 1 atom stereocenters. The largest absolute Gasteiger partial charge is 0.416 e. The number of benzene rings is 2. The second kappa shape index (κ2) is 10.7. The van der Waals surface area contributed by atoms with Gasteiger partial charge in [0.05, 0.1) is 18.2 Å². The van der Waals surface area contributed by atoms with Crippen LogP contribution in [0.3, 0.4) is 0 Å². The van der Waals surface area contributed by atoms with Crippen molar-refractivity contribution in [3.05, 3.63) is 76.4 Å². The summed E-state index contributed by atoms with van der Waals surface area (Å²) in [4.78, 5) is 15.0. The molecule has 3 aliphatic rings. The van der Waals surface area contributed by atoms with Gasteiger partial charge in [-0.15, -0.1) is 10.2 Å². The lowest BCUT2D eigenvalue weighted by Gasteiger charge is -2.39. The van der Waals surface area contributed by atoms with Gasteiger partial charge in [-0.2, -0.15) is 22.0 Å². The van der Waals surface area contributed by atoms with Crippen LogP contribution in [0.2, 0.25) is 0 Å². The lowest BCUT2D eigenvalue weighted by molar-refractivity contribution is -0.192. The number of hydrogen-bond acceptors (Lipinski definition) is 5. The predicted octanol–water partition coefficient (Wildman–Crippen LogP) is 6.18. The standard InChI is InChI=1S/C30H32F5N5O2/c1-29(7-4-8-29)36-14-17-9-22-23(24(10-17)30(33,34)35)15-40(27(22)41)20-6-3-5-18(11-20)25(26-38-37-16-39(26)2)19-12-21(13-19)42-28(31)32/h3,5-6,9-11,16,19,21,25,28,36H,4,7-8,12-15H2,1-2H3. The molecule has 0 spiro atoms. The highest BCUT2D eigenvalue weighted by molar-refractivity contribution is 6.10. The van der Waals surface area contributed by atoms with Crippen molar-refractivity contribution in [2.45, 2.75) is 82.5 Å². The molecule has 2 heterocycles. The van der Waals surface area contributed by atoms with Gasteiger partial charge < -0.3 is 19.5 Å². The zero-order valence-electron chi connectivity index (χ0n) is 23.3. The lowest BCUT2D eigenvalue weighted by Crippen LogP contribution is -2.47. The van der Waals surface area contributed by atoms with E-state index in [2.05, 4.69) is 27.2 Å². The Morgan fingerprint density at radius 2 is 1.93 bits per heavy atom. The quantitative estimate of drug-likeness (QED) is 0.302. The third kappa shape index (κ3) is 5.42. The summed E-state index contributed by atoms with van der Waals surface area (Å²) in [5.41, 5.74) is 0.774. The zero-order valence-corrected chi connectivity index (χ0v) is 23.3. The van der Waals surface area contributed by atoms with Crippen LogP contribution in [0.1, 0.15) is 83.4 Å². The van der Waals surface area contributed by atoms with Gasteiger partial charge in [0.15, 0.2) is 0 Å². The average Bonchev–Trinajstić information content (AvgIpc) is 3.46. The SMILES string of the molecule is Cn1cnnc1C(c1cccc(N2Cc3c(cc(CNC4(C)CCC4)cc3C(F)(F)F)C2=O)c1)C1CC(OC(F)F)C1. The number of nitrogens with zero attached hydrogens (tertiary/aromatic N) is 4. The molecular formula is C30H32F5N5O2. The van der Waals surface area contributed by atoms with E-state index in [4.69, 9.17) is 0 Å². The van der Waals surface area contributed by atoms with Gasteiger partial charge in [-0.25, -0.2) is 0 Å². The Bertz CT molecular complexity index is 1480. The average molecular weight is 590 g/mol. The first-order valence-electron chi connectivity index (χ1n) is 14.1. The van der Waals surface area contributed by atoms with Gasteiger partial charge in [0.2, 0.25) is 0 Å². The Morgan fingerprint density at radius 1 is 1.17 bits per heavy atom. The van der Waals surface area contributed by atoms with E-state index in [1.165, 1.54) is 4.90 Å². The molecule has 0 bridgehead atoms. The van der Waals surface area contributed by atoms with Gasteiger partial charge in [-0.1, -0.05) is 12.1 Å². The molecule has 2 aliphatic carbocycles. The van der Waals surface area contributed by atoms with Gasteiger partial charge >= 0.3 is 12.8 Å². The van der Waals surface area contributed by atoms with E-state index in [1.807, 2.05) is 6.07 Å².